The predicted octanol–water partition coefficient (Wildman–Crippen LogP) is 2.53. The molecule has 4 nitrogen and oxygen atoms in total. The Balaban J connectivity index is 1.86. The van der Waals surface area contributed by atoms with E-state index in [4.69, 9.17) is 16.3 Å². The lowest BCUT2D eigenvalue weighted by atomic mass is 10.2. The van der Waals surface area contributed by atoms with Gasteiger partial charge in [0.25, 0.3) is 0 Å². The number of hydrogen-bond acceptors (Lipinski definition) is 2. The summed E-state index contributed by atoms with van der Waals surface area (Å²) in [4.78, 5) is 6.39. The smallest absolute Gasteiger partial charge is 0.193 e. The maximum atomic E-state index is 6.01. The van der Waals surface area contributed by atoms with E-state index in [9.17, 15) is 0 Å². The number of hydrogen-bond donors (Lipinski definition) is 1. The lowest BCUT2D eigenvalue weighted by Gasteiger charge is -2.23. The number of nitrogens with one attached hydrogen (secondary N) is 1. The molecule has 1 aromatic rings. The molecule has 2 rings (SSSR count). The fourth-order valence-corrected chi connectivity index (χ4v) is 2.59. The number of halogens is 1. The van der Waals surface area contributed by atoms with Gasteiger partial charge in [-0.15, -0.1) is 0 Å². The first kappa shape index (κ1) is 15.1. The number of ether oxygens (including phenoxy) is 1. The van der Waals surface area contributed by atoms with Gasteiger partial charge in [0.1, 0.15) is 0 Å². The second-order valence-electron chi connectivity index (χ2n) is 5.05. The molecule has 0 radical (unpaired) electrons. The molecule has 1 saturated heterocycles. The van der Waals surface area contributed by atoms with E-state index in [0.717, 1.165) is 43.5 Å². The molecule has 0 amide bonds. The maximum absolute atomic E-state index is 6.01. The summed E-state index contributed by atoms with van der Waals surface area (Å²) in [6.07, 6.45) is 2.59. The first-order valence-corrected chi connectivity index (χ1v) is 7.34. The number of guanidine groups is 1. The van der Waals surface area contributed by atoms with Crippen molar-refractivity contribution in [1.29, 1.82) is 0 Å². The zero-order chi connectivity index (χ0) is 14.4. The molecule has 0 spiro atoms. The second-order valence-corrected chi connectivity index (χ2v) is 5.49. The van der Waals surface area contributed by atoms with E-state index >= 15 is 0 Å². The Morgan fingerprint density at radius 2 is 2.40 bits per heavy atom. The van der Waals surface area contributed by atoms with Gasteiger partial charge in [-0.2, -0.15) is 0 Å². The Labute approximate surface area is 125 Å². The van der Waals surface area contributed by atoms with Crippen molar-refractivity contribution < 1.29 is 4.74 Å². The van der Waals surface area contributed by atoms with Crippen molar-refractivity contribution in [1.82, 2.24) is 10.2 Å². The molecule has 0 bridgehead atoms. The molecule has 20 heavy (non-hydrogen) atoms. The monoisotopic (exact) mass is 295 g/mol. The summed E-state index contributed by atoms with van der Waals surface area (Å²) < 4.78 is 5.61. The fourth-order valence-electron chi connectivity index (χ4n) is 2.38. The molecule has 1 aliphatic heterocycles. The van der Waals surface area contributed by atoms with Crippen LogP contribution >= 0.6 is 11.6 Å². The molecular weight excluding hydrogens is 274 g/mol. The first-order valence-electron chi connectivity index (χ1n) is 6.97. The highest BCUT2D eigenvalue weighted by Gasteiger charge is 2.16. The van der Waals surface area contributed by atoms with E-state index in [1.165, 1.54) is 5.56 Å². The van der Waals surface area contributed by atoms with Gasteiger partial charge in [0, 0.05) is 38.8 Å². The molecule has 1 aromatic carbocycles. The SMILES string of the molecule is CN=C(NCC1CCCO1)N(C)Cc1cccc(Cl)c1. The fraction of sp³-hybridized carbons (Fsp3) is 0.533. The third-order valence-corrected chi connectivity index (χ3v) is 3.63. The Kier molecular flexibility index (Phi) is 5.68. The van der Waals surface area contributed by atoms with Gasteiger partial charge in [-0.05, 0) is 30.5 Å². The van der Waals surface area contributed by atoms with Gasteiger partial charge in [0.05, 0.1) is 6.10 Å². The zero-order valence-corrected chi connectivity index (χ0v) is 12.9. The highest BCUT2D eigenvalue weighted by molar-refractivity contribution is 6.30. The third kappa shape index (κ3) is 4.39. The van der Waals surface area contributed by atoms with Crippen LogP contribution in [0.2, 0.25) is 5.02 Å². The maximum Gasteiger partial charge on any atom is 0.193 e. The molecule has 1 unspecified atom stereocenters. The van der Waals surface area contributed by atoms with E-state index < -0.39 is 0 Å². The van der Waals surface area contributed by atoms with Crippen LogP contribution in [0.5, 0.6) is 0 Å². The molecule has 1 atom stereocenters. The summed E-state index contributed by atoms with van der Waals surface area (Å²) in [5.41, 5.74) is 1.17. The van der Waals surface area contributed by atoms with Gasteiger partial charge < -0.3 is 15.0 Å². The number of nitrogens with zero attached hydrogens (tertiary/aromatic N) is 2. The van der Waals surface area contributed by atoms with Crippen LogP contribution in [0.1, 0.15) is 18.4 Å². The Morgan fingerprint density at radius 1 is 1.55 bits per heavy atom. The molecule has 1 aliphatic rings. The topological polar surface area (TPSA) is 36.9 Å². The van der Waals surface area contributed by atoms with Crippen molar-refractivity contribution in [3.63, 3.8) is 0 Å². The molecule has 1 fully saturated rings. The molecular formula is C15H22ClN3O. The standard InChI is InChI=1S/C15H22ClN3O/c1-17-15(18-10-14-7-4-8-20-14)19(2)11-12-5-3-6-13(16)9-12/h3,5-6,9,14H,4,7-8,10-11H2,1-2H3,(H,17,18). The summed E-state index contributed by atoms with van der Waals surface area (Å²) in [7, 11) is 3.82. The van der Waals surface area contributed by atoms with Crippen molar-refractivity contribution in [2.24, 2.45) is 4.99 Å². The molecule has 0 saturated carbocycles. The number of aliphatic imine (C=N–C) groups is 1. The summed E-state index contributed by atoms with van der Waals surface area (Å²) >= 11 is 6.01. The van der Waals surface area contributed by atoms with Crippen LogP contribution in [0.15, 0.2) is 29.3 Å². The predicted molar refractivity (Wildman–Crippen MR) is 83.3 cm³/mol. The quantitative estimate of drug-likeness (QED) is 0.685. The van der Waals surface area contributed by atoms with Crippen LogP contribution in [0, 0.1) is 0 Å². The lowest BCUT2D eigenvalue weighted by molar-refractivity contribution is 0.113. The van der Waals surface area contributed by atoms with Gasteiger partial charge in [-0.3, -0.25) is 4.99 Å². The Morgan fingerprint density at radius 3 is 3.05 bits per heavy atom. The average molecular weight is 296 g/mol. The first-order chi connectivity index (χ1) is 9.69. The number of benzene rings is 1. The van der Waals surface area contributed by atoms with Crippen molar-refractivity contribution in [3.8, 4) is 0 Å². The molecule has 1 heterocycles. The van der Waals surface area contributed by atoms with Crippen LogP contribution in [0.4, 0.5) is 0 Å². The molecule has 0 aromatic heterocycles. The highest BCUT2D eigenvalue weighted by atomic mass is 35.5. The van der Waals surface area contributed by atoms with Gasteiger partial charge in [0.2, 0.25) is 0 Å². The second kappa shape index (κ2) is 7.50. The van der Waals surface area contributed by atoms with Gasteiger partial charge in [-0.25, -0.2) is 0 Å². The summed E-state index contributed by atoms with van der Waals surface area (Å²) in [5.74, 6) is 0.875. The van der Waals surface area contributed by atoms with Crippen molar-refractivity contribution >= 4 is 17.6 Å². The Hall–Kier alpha value is -1.26. The minimum atomic E-state index is 0.311. The van der Waals surface area contributed by atoms with Crippen LogP contribution in [-0.2, 0) is 11.3 Å². The van der Waals surface area contributed by atoms with E-state index in [2.05, 4.69) is 21.3 Å². The summed E-state index contributed by atoms with van der Waals surface area (Å²) in [6.45, 7) is 2.46. The van der Waals surface area contributed by atoms with Gasteiger partial charge in [-0.1, -0.05) is 23.7 Å². The van der Waals surface area contributed by atoms with Crippen LogP contribution < -0.4 is 5.32 Å². The van der Waals surface area contributed by atoms with E-state index in [0.29, 0.717) is 6.10 Å². The van der Waals surface area contributed by atoms with E-state index in [1.54, 1.807) is 7.05 Å². The van der Waals surface area contributed by atoms with E-state index in [1.807, 2.05) is 25.2 Å². The summed E-state index contributed by atoms with van der Waals surface area (Å²) in [6, 6.07) is 7.89. The summed E-state index contributed by atoms with van der Waals surface area (Å²) in [5, 5.41) is 4.13. The molecule has 5 heteroatoms. The van der Waals surface area contributed by atoms with Crippen LogP contribution in [0.25, 0.3) is 0 Å². The molecule has 110 valence electrons. The minimum absolute atomic E-state index is 0.311. The lowest BCUT2D eigenvalue weighted by Crippen LogP contribution is -2.41. The highest BCUT2D eigenvalue weighted by Crippen LogP contribution is 2.13. The zero-order valence-electron chi connectivity index (χ0n) is 12.1. The van der Waals surface area contributed by atoms with Gasteiger partial charge >= 0.3 is 0 Å². The molecule has 0 aliphatic carbocycles. The van der Waals surface area contributed by atoms with Crippen molar-refractivity contribution in [2.75, 3.05) is 27.2 Å². The van der Waals surface area contributed by atoms with E-state index in [-0.39, 0.29) is 0 Å². The van der Waals surface area contributed by atoms with Crippen molar-refractivity contribution in [3.05, 3.63) is 34.9 Å². The average Bonchev–Trinajstić information content (AvgIpc) is 2.92. The Bertz CT molecular complexity index is 458. The third-order valence-electron chi connectivity index (χ3n) is 3.39. The largest absolute Gasteiger partial charge is 0.376 e. The molecule has 1 N–H and O–H groups in total. The minimum Gasteiger partial charge on any atom is -0.376 e. The van der Waals surface area contributed by atoms with Gasteiger partial charge in [0.15, 0.2) is 5.96 Å². The van der Waals surface area contributed by atoms with Crippen molar-refractivity contribution in [2.45, 2.75) is 25.5 Å². The van der Waals surface area contributed by atoms with Crippen LogP contribution in [-0.4, -0.2) is 44.2 Å². The number of rotatable bonds is 4. The van der Waals surface area contributed by atoms with Crippen LogP contribution in [0.3, 0.4) is 0 Å². The normalized spacial score (nSPS) is 19.1.